The summed E-state index contributed by atoms with van der Waals surface area (Å²) in [6.07, 6.45) is 3.36. The molecule has 1 amide bonds. The molecule has 0 aliphatic heterocycles. The molecule has 0 radical (unpaired) electrons. The van der Waals surface area contributed by atoms with Gasteiger partial charge in [-0.1, -0.05) is 0 Å². The SMILES string of the molecule is COc1ccc(C(=O)NCc2ncc[nH]2)cc1. The van der Waals surface area contributed by atoms with Crippen LogP contribution in [0.1, 0.15) is 16.2 Å². The van der Waals surface area contributed by atoms with Gasteiger partial charge < -0.3 is 15.0 Å². The summed E-state index contributed by atoms with van der Waals surface area (Å²) < 4.78 is 5.02. The molecule has 0 saturated carbocycles. The second kappa shape index (κ2) is 5.16. The number of imidazole rings is 1. The normalized spacial score (nSPS) is 9.94. The first kappa shape index (κ1) is 11.2. The van der Waals surface area contributed by atoms with Crippen molar-refractivity contribution in [3.05, 3.63) is 48.0 Å². The van der Waals surface area contributed by atoms with E-state index in [0.717, 1.165) is 11.6 Å². The number of H-pyrrole nitrogens is 1. The molecule has 2 N–H and O–H groups in total. The molecular formula is C12H13N3O2. The molecule has 0 fully saturated rings. The van der Waals surface area contributed by atoms with E-state index in [1.807, 2.05) is 0 Å². The summed E-state index contributed by atoms with van der Waals surface area (Å²) in [5.74, 6) is 1.32. The number of nitrogens with zero attached hydrogens (tertiary/aromatic N) is 1. The molecule has 0 atom stereocenters. The number of methoxy groups -OCH3 is 1. The van der Waals surface area contributed by atoms with Crippen LogP contribution in [0.5, 0.6) is 5.75 Å². The van der Waals surface area contributed by atoms with Crippen LogP contribution in [-0.4, -0.2) is 23.0 Å². The number of hydrogen-bond acceptors (Lipinski definition) is 3. The van der Waals surface area contributed by atoms with Crippen LogP contribution in [-0.2, 0) is 6.54 Å². The molecule has 2 rings (SSSR count). The minimum Gasteiger partial charge on any atom is -0.497 e. The summed E-state index contributed by atoms with van der Waals surface area (Å²) in [7, 11) is 1.59. The van der Waals surface area contributed by atoms with E-state index in [9.17, 15) is 4.79 Å². The van der Waals surface area contributed by atoms with Crippen molar-refractivity contribution in [2.45, 2.75) is 6.54 Å². The third-order valence-corrected chi connectivity index (χ3v) is 2.32. The number of aromatic nitrogens is 2. The van der Waals surface area contributed by atoms with E-state index in [-0.39, 0.29) is 5.91 Å². The van der Waals surface area contributed by atoms with E-state index in [0.29, 0.717) is 12.1 Å². The number of ether oxygens (including phenoxy) is 1. The zero-order valence-electron chi connectivity index (χ0n) is 9.43. The fraction of sp³-hybridized carbons (Fsp3) is 0.167. The maximum Gasteiger partial charge on any atom is 0.251 e. The summed E-state index contributed by atoms with van der Waals surface area (Å²) in [5, 5.41) is 2.77. The predicted octanol–water partition coefficient (Wildman–Crippen LogP) is 1.35. The highest BCUT2D eigenvalue weighted by Crippen LogP contribution is 2.11. The average molecular weight is 231 g/mol. The number of rotatable bonds is 4. The Kier molecular flexibility index (Phi) is 3.40. The number of benzene rings is 1. The van der Waals surface area contributed by atoms with Crippen LogP contribution in [0.15, 0.2) is 36.7 Å². The lowest BCUT2D eigenvalue weighted by Crippen LogP contribution is -2.23. The van der Waals surface area contributed by atoms with Crippen LogP contribution in [0, 0.1) is 0 Å². The molecule has 5 nitrogen and oxygen atoms in total. The van der Waals surface area contributed by atoms with Crippen LogP contribution in [0.3, 0.4) is 0 Å². The molecule has 0 aliphatic carbocycles. The lowest BCUT2D eigenvalue weighted by Gasteiger charge is -2.04. The molecule has 5 heteroatoms. The molecule has 0 unspecified atom stereocenters. The molecule has 88 valence electrons. The van der Waals surface area contributed by atoms with Gasteiger partial charge in [-0.15, -0.1) is 0 Å². The lowest BCUT2D eigenvalue weighted by molar-refractivity contribution is 0.0950. The summed E-state index contributed by atoms with van der Waals surface area (Å²) in [6, 6.07) is 6.94. The number of nitrogens with one attached hydrogen (secondary N) is 2. The Bertz CT molecular complexity index is 477. The highest BCUT2D eigenvalue weighted by molar-refractivity contribution is 5.94. The van der Waals surface area contributed by atoms with Crippen molar-refractivity contribution in [3.8, 4) is 5.75 Å². The molecule has 0 aliphatic rings. The Hall–Kier alpha value is -2.30. The van der Waals surface area contributed by atoms with E-state index in [1.54, 1.807) is 43.8 Å². The minimum atomic E-state index is -0.135. The highest BCUT2D eigenvalue weighted by Gasteiger charge is 2.05. The van der Waals surface area contributed by atoms with Gasteiger partial charge in [0, 0.05) is 18.0 Å². The smallest absolute Gasteiger partial charge is 0.251 e. The maximum absolute atomic E-state index is 11.7. The van der Waals surface area contributed by atoms with Gasteiger partial charge in [0.2, 0.25) is 0 Å². The molecule has 0 bridgehead atoms. The van der Waals surface area contributed by atoms with E-state index >= 15 is 0 Å². The number of carbonyl (C=O) groups excluding carboxylic acids is 1. The summed E-state index contributed by atoms with van der Waals surface area (Å²) >= 11 is 0. The Morgan fingerprint density at radius 1 is 1.41 bits per heavy atom. The summed E-state index contributed by atoms with van der Waals surface area (Å²) in [4.78, 5) is 18.7. The minimum absolute atomic E-state index is 0.135. The zero-order valence-corrected chi connectivity index (χ0v) is 9.43. The Morgan fingerprint density at radius 2 is 2.18 bits per heavy atom. The first-order valence-corrected chi connectivity index (χ1v) is 5.20. The van der Waals surface area contributed by atoms with E-state index < -0.39 is 0 Å². The quantitative estimate of drug-likeness (QED) is 0.834. The van der Waals surface area contributed by atoms with E-state index in [4.69, 9.17) is 4.74 Å². The van der Waals surface area contributed by atoms with Crippen molar-refractivity contribution < 1.29 is 9.53 Å². The third kappa shape index (κ3) is 2.84. The van der Waals surface area contributed by atoms with Crippen LogP contribution in [0.25, 0.3) is 0 Å². The molecule has 1 aromatic heterocycles. The standard InChI is InChI=1S/C12H13N3O2/c1-17-10-4-2-9(3-5-10)12(16)15-8-11-13-6-7-14-11/h2-7H,8H2,1H3,(H,13,14)(H,15,16). The first-order valence-electron chi connectivity index (χ1n) is 5.20. The first-order chi connectivity index (χ1) is 8.29. The van der Waals surface area contributed by atoms with Crippen molar-refractivity contribution in [2.75, 3.05) is 7.11 Å². The fourth-order valence-corrected chi connectivity index (χ4v) is 1.40. The van der Waals surface area contributed by atoms with Gasteiger partial charge in [-0.25, -0.2) is 4.98 Å². The molecule has 2 aromatic rings. The fourth-order valence-electron chi connectivity index (χ4n) is 1.40. The Balaban J connectivity index is 1.95. The van der Waals surface area contributed by atoms with Gasteiger partial charge in [0.25, 0.3) is 5.91 Å². The average Bonchev–Trinajstić information content (AvgIpc) is 2.89. The van der Waals surface area contributed by atoms with Crippen LogP contribution >= 0.6 is 0 Å². The second-order valence-corrected chi connectivity index (χ2v) is 3.45. The topological polar surface area (TPSA) is 67.0 Å². The third-order valence-electron chi connectivity index (χ3n) is 2.32. The van der Waals surface area contributed by atoms with Gasteiger partial charge >= 0.3 is 0 Å². The molecule has 17 heavy (non-hydrogen) atoms. The van der Waals surface area contributed by atoms with Crippen molar-refractivity contribution in [3.63, 3.8) is 0 Å². The predicted molar refractivity (Wildman–Crippen MR) is 62.8 cm³/mol. The van der Waals surface area contributed by atoms with Gasteiger partial charge in [-0.05, 0) is 24.3 Å². The number of amides is 1. The van der Waals surface area contributed by atoms with Crippen LogP contribution in [0.2, 0.25) is 0 Å². The van der Waals surface area contributed by atoms with E-state index in [2.05, 4.69) is 15.3 Å². The highest BCUT2D eigenvalue weighted by atomic mass is 16.5. The maximum atomic E-state index is 11.7. The molecule has 1 aromatic carbocycles. The zero-order chi connectivity index (χ0) is 12.1. The van der Waals surface area contributed by atoms with Crippen molar-refractivity contribution in [1.29, 1.82) is 0 Å². The number of hydrogen-bond donors (Lipinski definition) is 2. The van der Waals surface area contributed by atoms with Crippen molar-refractivity contribution >= 4 is 5.91 Å². The molecule has 0 spiro atoms. The van der Waals surface area contributed by atoms with Crippen LogP contribution in [0.4, 0.5) is 0 Å². The largest absolute Gasteiger partial charge is 0.497 e. The van der Waals surface area contributed by atoms with Gasteiger partial charge in [0.15, 0.2) is 0 Å². The van der Waals surface area contributed by atoms with Crippen molar-refractivity contribution in [2.24, 2.45) is 0 Å². The second-order valence-electron chi connectivity index (χ2n) is 3.45. The van der Waals surface area contributed by atoms with Crippen molar-refractivity contribution in [1.82, 2.24) is 15.3 Å². The summed E-state index contributed by atoms with van der Waals surface area (Å²) in [5.41, 5.74) is 0.595. The van der Waals surface area contributed by atoms with Gasteiger partial charge in [-0.3, -0.25) is 4.79 Å². The number of carbonyl (C=O) groups is 1. The van der Waals surface area contributed by atoms with E-state index in [1.165, 1.54) is 0 Å². The Morgan fingerprint density at radius 3 is 2.76 bits per heavy atom. The van der Waals surface area contributed by atoms with Crippen LogP contribution < -0.4 is 10.1 Å². The van der Waals surface area contributed by atoms with Gasteiger partial charge in [0.05, 0.1) is 13.7 Å². The molecule has 0 saturated heterocycles. The monoisotopic (exact) mass is 231 g/mol. The lowest BCUT2D eigenvalue weighted by atomic mass is 10.2. The summed E-state index contributed by atoms with van der Waals surface area (Å²) in [6.45, 7) is 0.387. The van der Waals surface area contributed by atoms with Gasteiger partial charge in [0.1, 0.15) is 11.6 Å². The molecular weight excluding hydrogens is 218 g/mol. The van der Waals surface area contributed by atoms with Gasteiger partial charge in [-0.2, -0.15) is 0 Å². The Labute approximate surface area is 98.8 Å². The number of aromatic amines is 1. The molecule has 1 heterocycles.